The zero-order valence-corrected chi connectivity index (χ0v) is 17.1. The van der Waals surface area contributed by atoms with E-state index in [2.05, 4.69) is 9.47 Å². The fraction of sp³-hybridized carbons (Fsp3) is 0.316. The lowest BCUT2D eigenvalue weighted by molar-refractivity contribution is -0.307. The summed E-state index contributed by atoms with van der Waals surface area (Å²) in [6.45, 7) is 3.38. The maximum Gasteiger partial charge on any atom is 1.00 e. The summed E-state index contributed by atoms with van der Waals surface area (Å²) in [4.78, 5) is 52.7. The van der Waals surface area contributed by atoms with Gasteiger partial charge in [-0.3, -0.25) is 0 Å². The van der Waals surface area contributed by atoms with Crippen molar-refractivity contribution in [3.05, 3.63) is 35.9 Å². The molecule has 0 radical (unpaired) electrons. The Balaban J connectivity index is 0. The lowest BCUT2D eigenvalue weighted by Gasteiger charge is -2.15. The van der Waals surface area contributed by atoms with Crippen LogP contribution in [0, 0.1) is 0 Å². The van der Waals surface area contributed by atoms with Crippen LogP contribution >= 0.6 is 0 Å². The van der Waals surface area contributed by atoms with E-state index in [4.69, 9.17) is 25.4 Å². The number of benzene rings is 1. The van der Waals surface area contributed by atoms with Crippen LogP contribution in [0.3, 0.4) is 0 Å². The van der Waals surface area contributed by atoms with E-state index in [1.54, 1.807) is 13.8 Å². The molecule has 0 aliphatic carbocycles. The molecule has 0 bridgehead atoms. The quantitative estimate of drug-likeness (QED) is 0.257. The van der Waals surface area contributed by atoms with Crippen LogP contribution < -0.4 is 20.3 Å². The van der Waals surface area contributed by atoms with Crippen molar-refractivity contribution in [3.8, 4) is 11.5 Å². The van der Waals surface area contributed by atoms with Crippen molar-refractivity contribution in [1.29, 1.82) is 0 Å². The number of nitrogens with two attached hydrogens (primary N) is 1. The number of carboxylic acids is 3. The number of carbonyl (C=O) groups excluding carboxylic acids is 3. The molecule has 0 aromatic heterocycles. The molecule has 0 fully saturated rings. The summed E-state index contributed by atoms with van der Waals surface area (Å²) in [6, 6.07) is 2.86. The van der Waals surface area contributed by atoms with E-state index in [-0.39, 0.29) is 32.6 Å². The summed E-state index contributed by atoms with van der Waals surface area (Å²) in [7, 11) is 0. The van der Waals surface area contributed by atoms with Gasteiger partial charge >= 0.3 is 25.7 Å². The predicted molar refractivity (Wildman–Crippen MR) is 104 cm³/mol. The molecule has 32 heavy (non-hydrogen) atoms. The highest BCUT2D eigenvalue weighted by Crippen LogP contribution is 2.29. The third kappa shape index (κ3) is 12.4. The highest BCUT2D eigenvalue weighted by Gasteiger charge is 2.17. The summed E-state index contributed by atoms with van der Waals surface area (Å²) in [6.07, 6.45) is -0.941. The molecule has 0 spiro atoms. The Hall–Kier alpha value is -4.13. The van der Waals surface area contributed by atoms with Crippen LogP contribution in [0.15, 0.2) is 30.4 Å². The number of ether oxygens (including phenoxy) is 4. The maximum absolute atomic E-state index is 11.5. The van der Waals surface area contributed by atoms with Crippen molar-refractivity contribution in [2.24, 2.45) is 5.73 Å². The van der Waals surface area contributed by atoms with Gasteiger partial charge < -0.3 is 44.8 Å². The van der Waals surface area contributed by atoms with Crippen molar-refractivity contribution in [2.75, 3.05) is 13.2 Å². The maximum atomic E-state index is 11.5. The Morgan fingerprint density at radius 3 is 1.84 bits per heavy atom. The predicted octanol–water partition coefficient (Wildman–Crippen LogP) is 0.201. The van der Waals surface area contributed by atoms with E-state index in [0.717, 1.165) is 0 Å². The van der Waals surface area contributed by atoms with Crippen LogP contribution in [0.2, 0.25) is 0 Å². The zero-order chi connectivity index (χ0) is 24.7. The molecular formula is C19H23NO12. The van der Waals surface area contributed by atoms with Gasteiger partial charge in [0.1, 0.15) is 0 Å². The monoisotopic (exact) mass is 457 g/mol. The average Bonchev–Trinajstić information content (AvgIpc) is 2.69. The van der Waals surface area contributed by atoms with Crippen molar-refractivity contribution < 1.29 is 59.7 Å². The topological polar surface area (TPSA) is 212 Å². The minimum absolute atomic E-state index is 0. The van der Waals surface area contributed by atoms with Crippen molar-refractivity contribution >= 4 is 30.2 Å². The molecule has 1 aromatic rings. The number of hydrogen-bond donors (Lipinski definition) is 3. The molecule has 4 N–H and O–H groups in total. The van der Waals surface area contributed by atoms with Crippen LogP contribution in [0.5, 0.6) is 11.5 Å². The molecule has 0 unspecified atom stereocenters. The number of aliphatic carboxylic acids is 3. The standard InChI is InChI=1S/C15H19NO8.C4H4O4/c1-3-21-14(19)23-11-6-5-9(7-10(16)13(17)18)8-12(11)24-15(20)22-4-2;5-3(6)1-2-4(7)8/h5-6,8,10H,3-4,7,16H2,1-2H3,(H,17,18);1-2H,(H,5,6)(H,7,8)/b;2-1+/t10-;/m0./s1. The zero-order valence-electron chi connectivity index (χ0n) is 18.1. The van der Waals surface area contributed by atoms with E-state index in [9.17, 15) is 29.1 Å². The first kappa shape index (κ1) is 27.9. The number of rotatable bonds is 9. The van der Waals surface area contributed by atoms with Crippen molar-refractivity contribution in [3.63, 3.8) is 0 Å². The second kappa shape index (κ2) is 14.8. The second-order valence-electron chi connectivity index (χ2n) is 5.49. The van der Waals surface area contributed by atoms with Gasteiger partial charge in [0.25, 0.3) is 0 Å². The van der Waals surface area contributed by atoms with E-state index in [1.165, 1.54) is 18.2 Å². The highest BCUT2D eigenvalue weighted by molar-refractivity contribution is 5.89. The van der Waals surface area contributed by atoms with Gasteiger partial charge in [0.05, 0.1) is 19.2 Å². The average molecular weight is 457 g/mol. The Morgan fingerprint density at radius 2 is 1.44 bits per heavy atom. The number of carbonyl (C=O) groups is 5. The molecule has 0 heterocycles. The minimum atomic E-state index is -1.42. The van der Waals surface area contributed by atoms with E-state index >= 15 is 0 Å². The van der Waals surface area contributed by atoms with Crippen LogP contribution in [0.1, 0.15) is 20.8 Å². The van der Waals surface area contributed by atoms with Crippen LogP contribution in [0.4, 0.5) is 9.59 Å². The first-order valence-electron chi connectivity index (χ1n) is 8.92. The molecular weight excluding hydrogens is 434 g/mol. The summed E-state index contributed by atoms with van der Waals surface area (Å²) < 4.78 is 19.2. The normalized spacial score (nSPS) is 10.8. The third-order valence-electron chi connectivity index (χ3n) is 3.05. The highest BCUT2D eigenvalue weighted by atomic mass is 16.7. The fourth-order valence-corrected chi connectivity index (χ4v) is 1.80. The van der Waals surface area contributed by atoms with Gasteiger partial charge in [-0.15, -0.1) is 0 Å². The molecule has 13 nitrogen and oxygen atoms in total. The van der Waals surface area contributed by atoms with Crippen LogP contribution in [0.25, 0.3) is 0 Å². The fourth-order valence-electron chi connectivity index (χ4n) is 1.80. The number of hydrogen-bond acceptors (Lipinski definition) is 11. The molecule has 0 saturated heterocycles. The SMILES string of the molecule is CCOC(=O)Oc1ccc(C[C@H](N)C(=O)[O-])cc1OC(=O)OCC.O=C(O)/C=C/C(=O)O.[H+]. The van der Waals surface area contributed by atoms with E-state index in [0.29, 0.717) is 17.7 Å². The van der Waals surface area contributed by atoms with Gasteiger partial charge in [-0.2, -0.15) is 0 Å². The summed E-state index contributed by atoms with van der Waals surface area (Å²) >= 11 is 0. The summed E-state index contributed by atoms with van der Waals surface area (Å²) in [5.41, 5.74) is 5.84. The Kier molecular flexibility index (Phi) is 12.9. The van der Waals surface area contributed by atoms with Gasteiger partial charge in [0, 0.05) is 18.2 Å². The van der Waals surface area contributed by atoms with Crippen LogP contribution in [-0.4, -0.2) is 59.7 Å². The lowest BCUT2D eigenvalue weighted by atomic mass is 10.1. The first-order valence-corrected chi connectivity index (χ1v) is 8.92. The minimum Gasteiger partial charge on any atom is -0.548 e. The summed E-state index contributed by atoms with van der Waals surface area (Å²) in [5, 5.41) is 26.3. The van der Waals surface area contributed by atoms with Gasteiger partial charge in [-0.25, -0.2) is 19.2 Å². The van der Waals surface area contributed by atoms with Gasteiger partial charge in [0.2, 0.25) is 0 Å². The van der Waals surface area contributed by atoms with Crippen LogP contribution in [-0.2, 0) is 30.3 Å². The van der Waals surface area contributed by atoms with Crippen molar-refractivity contribution in [1.82, 2.24) is 0 Å². The van der Waals surface area contributed by atoms with E-state index in [1.807, 2.05) is 0 Å². The molecule has 1 rings (SSSR count). The molecule has 1 atom stereocenters. The van der Waals surface area contributed by atoms with Crippen molar-refractivity contribution in [2.45, 2.75) is 26.3 Å². The Labute approximate surface area is 183 Å². The molecule has 0 amide bonds. The molecule has 13 heteroatoms. The molecule has 176 valence electrons. The van der Waals surface area contributed by atoms with E-state index < -0.39 is 36.3 Å². The van der Waals surface area contributed by atoms with Gasteiger partial charge in [-0.05, 0) is 38.0 Å². The molecule has 0 saturated carbocycles. The molecule has 0 aliphatic rings. The Morgan fingerprint density at radius 1 is 0.969 bits per heavy atom. The smallest absolute Gasteiger partial charge is 0.548 e. The number of carboxylic acid groups (broad SMARTS) is 3. The lowest BCUT2D eigenvalue weighted by Crippen LogP contribution is -2.43. The van der Waals surface area contributed by atoms with Gasteiger partial charge in [-0.1, -0.05) is 6.07 Å². The first-order chi connectivity index (χ1) is 15.0. The largest absolute Gasteiger partial charge is 1.00 e. The Bertz CT molecular complexity index is 839. The molecule has 0 aliphatic heterocycles. The third-order valence-corrected chi connectivity index (χ3v) is 3.05. The summed E-state index contributed by atoms with van der Waals surface area (Å²) in [5.74, 6) is -4.16. The van der Waals surface area contributed by atoms with Gasteiger partial charge in [0.15, 0.2) is 11.5 Å². The molecule has 1 aromatic carbocycles. The second-order valence-corrected chi connectivity index (χ2v) is 5.49.